The molecule has 0 bridgehead atoms. The maximum Gasteiger partial charge on any atom is 0.121 e. The van der Waals surface area contributed by atoms with Crippen LogP contribution in [0.15, 0.2) is 60.7 Å². The number of ether oxygens (including phenoxy) is 1. The number of hydrogen-bond donors (Lipinski definition) is 2. The molecule has 21 heavy (non-hydrogen) atoms. The lowest BCUT2D eigenvalue weighted by Gasteiger charge is -2.17. The fourth-order valence-electron chi connectivity index (χ4n) is 2.59. The predicted octanol–water partition coefficient (Wildman–Crippen LogP) is 3.60. The van der Waals surface area contributed by atoms with E-state index in [2.05, 4.69) is 0 Å². The molecule has 0 aliphatic rings. The van der Waals surface area contributed by atoms with Crippen molar-refractivity contribution >= 4 is 10.8 Å². The number of hydrogen-bond acceptors (Lipinski definition) is 3. The molecule has 0 saturated carbocycles. The van der Waals surface area contributed by atoms with Crippen LogP contribution >= 0.6 is 0 Å². The topological polar surface area (TPSA) is 55.5 Å². The summed E-state index contributed by atoms with van der Waals surface area (Å²) in [5.41, 5.74) is 8.06. The second-order valence-corrected chi connectivity index (χ2v) is 4.97. The van der Waals surface area contributed by atoms with Gasteiger partial charge in [0, 0.05) is 5.56 Å². The van der Waals surface area contributed by atoms with E-state index in [9.17, 15) is 5.11 Å². The minimum Gasteiger partial charge on any atom is -0.508 e. The molecule has 0 spiro atoms. The van der Waals surface area contributed by atoms with Gasteiger partial charge in [0.2, 0.25) is 0 Å². The van der Waals surface area contributed by atoms with Crippen LogP contribution in [0.1, 0.15) is 17.2 Å². The molecule has 0 aromatic heterocycles. The molecular weight excluding hydrogens is 262 g/mol. The number of aromatic hydroxyl groups is 1. The van der Waals surface area contributed by atoms with Crippen LogP contribution < -0.4 is 10.5 Å². The van der Waals surface area contributed by atoms with E-state index in [4.69, 9.17) is 10.5 Å². The Bertz CT molecular complexity index is 766. The highest BCUT2D eigenvalue weighted by Gasteiger charge is 2.16. The fourth-order valence-corrected chi connectivity index (χ4v) is 2.59. The summed E-state index contributed by atoms with van der Waals surface area (Å²) in [5.74, 6) is 1.00. The summed E-state index contributed by atoms with van der Waals surface area (Å²) in [4.78, 5) is 0. The molecule has 0 radical (unpaired) electrons. The third-order valence-electron chi connectivity index (χ3n) is 3.73. The summed E-state index contributed by atoms with van der Waals surface area (Å²) in [5, 5.41) is 12.3. The van der Waals surface area contributed by atoms with Gasteiger partial charge >= 0.3 is 0 Å². The van der Waals surface area contributed by atoms with E-state index in [1.807, 2.05) is 54.6 Å². The van der Waals surface area contributed by atoms with Crippen LogP contribution in [0.3, 0.4) is 0 Å². The van der Waals surface area contributed by atoms with E-state index < -0.39 is 0 Å². The van der Waals surface area contributed by atoms with Crippen molar-refractivity contribution in [3.05, 3.63) is 71.8 Å². The summed E-state index contributed by atoms with van der Waals surface area (Å²) in [6, 6.07) is 18.7. The zero-order chi connectivity index (χ0) is 14.8. The van der Waals surface area contributed by atoms with Gasteiger partial charge in [0.25, 0.3) is 0 Å². The minimum absolute atomic E-state index is 0.219. The summed E-state index contributed by atoms with van der Waals surface area (Å²) in [6.45, 7) is 0. The molecule has 1 atom stereocenters. The number of fused-ring (bicyclic) bond motifs is 1. The molecule has 0 aliphatic heterocycles. The van der Waals surface area contributed by atoms with Crippen LogP contribution in [0.5, 0.6) is 11.5 Å². The molecule has 3 nitrogen and oxygen atoms in total. The molecule has 0 amide bonds. The Kier molecular flexibility index (Phi) is 3.50. The van der Waals surface area contributed by atoms with Crippen LogP contribution in [0.4, 0.5) is 0 Å². The van der Waals surface area contributed by atoms with Crippen LogP contribution in [-0.2, 0) is 0 Å². The summed E-state index contributed by atoms with van der Waals surface area (Å²) < 4.78 is 5.16. The van der Waals surface area contributed by atoms with Gasteiger partial charge in [-0.25, -0.2) is 0 Å². The standard InChI is InChI=1S/C18H17NO2/c1-21-14-9-6-13(7-10-14)18(19)17-15-5-3-2-4-12(15)8-11-16(17)20/h2-11,18,20H,19H2,1H3. The number of rotatable bonds is 3. The maximum atomic E-state index is 10.2. The maximum absolute atomic E-state index is 10.2. The lowest BCUT2D eigenvalue weighted by atomic mass is 9.93. The first kappa shape index (κ1) is 13.5. The average molecular weight is 279 g/mol. The molecule has 0 aliphatic carbocycles. The first-order valence-electron chi connectivity index (χ1n) is 6.81. The van der Waals surface area contributed by atoms with Crippen molar-refractivity contribution in [2.45, 2.75) is 6.04 Å². The highest BCUT2D eigenvalue weighted by Crippen LogP contribution is 2.34. The first-order valence-corrected chi connectivity index (χ1v) is 6.81. The van der Waals surface area contributed by atoms with Crippen molar-refractivity contribution in [3.63, 3.8) is 0 Å². The Morgan fingerprint density at radius 1 is 0.952 bits per heavy atom. The third-order valence-corrected chi connectivity index (χ3v) is 3.73. The summed E-state index contributed by atoms with van der Waals surface area (Å²) in [7, 11) is 1.63. The Balaban J connectivity index is 2.12. The molecule has 0 saturated heterocycles. The van der Waals surface area contributed by atoms with Crippen molar-refractivity contribution < 1.29 is 9.84 Å². The van der Waals surface area contributed by atoms with Crippen molar-refractivity contribution in [2.75, 3.05) is 7.11 Å². The lowest BCUT2D eigenvalue weighted by molar-refractivity contribution is 0.414. The van der Waals surface area contributed by atoms with E-state index in [-0.39, 0.29) is 11.8 Å². The molecule has 3 aromatic rings. The normalized spacial score (nSPS) is 12.3. The number of benzene rings is 3. The largest absolute Gasteiger partial charge is 0.508 e. The van der Waals surface area contributed by atoms with Gasteiger partial charge in [0.05, 0.1) is 13.2 Å². The second-order valence-electron chi connectivity index (χ2n) is 4.97. The van der Waals surface area contributed by atoms with Crippen LogP contribution in [-0.4, -0.2) is 12.2 Å². The summed E-state index contributed by atoms with van der Waals surface area (Å²) in [6.07, 6.45) is 0. The van der Waals surface area contributed by atoms with Crippen molar-refractivity contribution in [3.8, 4) is 11.5 Å². The number of phenols is 1. The number of phenolic OH excluding ortho intramolecular Hbond substituents is 1. The van der Waals surface area contributed by atoms with Gasteiger partial charge in [0.1, 0.15) is 11.5 Å². The monoisotopic (exact) mass is 279 g/mol. The van der Waals surface area contributed by atoms with Gasteiger partial charge in [-0.2, -0.15) is 0 Å². The molecule has 3 aromatic carbocycles. The Hall–Kier alpha value is -2.52. The number of methoxy groups -OCH3 is 1. The zero-order valence-electron chi connectivity index (χ0n) is 11.8. The van der Waals surface area contributed by atoms with Crippen molar-refractivity contribution in [1.82, 2.24) is 0 Å². The molecule has 3 N–H and O–H groups in total. The Morgan fingerprint density at radius 2 is 1.67 bits per heavy atom. The molecule has 3 heteroatoms. The van der Waals surface area contributed by atoms with Gasteiger partial charge in [-0.05, 0) is 34.5 Å². The van der Waals surface area contributed by atoms with Gasteiger partial charge < -0.3 is 15.6 Å². The van der Waals surface area contributed by atoms with Gasteiger partial charge in [0.15, 0.2) is 0 Å². The Morgan fingerprint density at radius 3 is 2.38 bits per heavy atom. The molecule has 1 unspecified atom stereocenters. The van der Waals surface area contributed by atoms with E-state index in [0.29, 0.717) is 0 Å². The Labute approximate surface area is 123 Å². The van der Waals surface area contributed by atoms with Gasteiger partial charge in [-0.3, -0.25) is 0 Å². The SMILES string of the molecule is COc1ccc(C(N)c2c(O)ccc3ccccc23)cc1. The fraction of sp³-hybridized carbons (Fsp3) is 0.111. The highest BCUT2D eigenvalue weighted by atomic mass is 16.5. The van der Waals surface area contributed by atoms with E-state index in [1.165, 1.54) is 0 Å². The molecular formula is C18H17NO2. The zero-order valence-corrected chi connectivity index (χ0v) is 11.8. The third kappa shape index (κ3) is 2.43. The van der Waals surface area contributed by atoms with Crippen molar-refractivity contribution in [2.24, 2.45) is 5.73 Å². The second kappa shape index (κ2) is 5.46. The van der Waals surface area contributed by atoms with Crippen LogP contribution in [0.2, 0.25) is 0 Å². The molecule has 106 valence electrons. The van der Waals surface area contributed by atoms with Gasteiger partial charge in [-0.15, -0.1) is 0 Å². The predicted molar refractivity (Wildman–Crippen MR) is 84.6 cm³/mol. The lowest BCUT2D eigenvalue weighted by Crippen LogP contribution is -2.12. The van der Waals surface area contributed by atoms with Crippen molar-refractivity contribution in [1.29, 1.82) is 0 Å². The average Bonchev–Trinajstić information content (AvgIpc) is 2.54. The highest BCUT2D eigenvalue weighted by molar-refractivity contribution is 5.88. The van der Waals surface area contributed by atoms with E-state index >= 15 is 0 Å². The van der Waals surface area contributed by atoms with Crippen LogP contribution in [0.25, 0.3) is 10.8 Å². The van der Waals surface area contributed by atoms with Crippen LogP contribution in [0, 0.1) is 0 Å². The van der Waals surface area contributed by atoms with E-state index in [0.717, 1.165) is 27.6 Å². The molecule has 3 rings (SSSR count). The minimum atomic E-state index is -0.387. The smallest absolute Gasteiger partial charge is 0.121 e. The number of nitrogens with two attached hydrogens (primary N) is 1. The van der Waals surface area contributed by atoms with E-state index in [1.54, 1.807) is 13.2 Å². The molecule has 0 heterocycles. The first-order chi connectivity index (χ1) is 10.2. The van der Waals surface area contributed by atoms with Gasteiger partial charge in [-0.1, -0.05) is 42.5 Å². The molecule has 0 fully saturated rings. The quantitative estimate of drug-likeness (QED) is 0.770. The summed E-state index contributed by atoms with van der Waals surface area (Å²) >= 11 is 0.